The summed E-state index contributed by atoms with van der Waals surface area (Å²) in [7, 11) is 3.92. The Bertz CT molecular complexity index is 242. The average Bonchev–Trinajstić information content (AvgIpc) is 2.15. The minimum absolute atomic E-state index is 0.0716. The number of nitrogens with zero attached hydrogens (tertiary/aromatic N) is 1. The average molecular weight is 210 g/mol. The SMILES string of the molecule is CC/C=C\C=C(/C)NC(=O)CCN(C)C. The maximum atomic E-state index is 11.4. The van der Waals surface area contributed by atoms with Crippen molar-refractivity contribution in [3.8, 4) is 0 Å². The van der Waals surface area contributed by atoms with Crippen molar-refractivity contribution in [2.24, 2.45) is 0 Å². The lowest BCUT2D eigenvalue weighted by molar-refractivity contribution is -0.120. The van der Waals surface area contributed by atoms with Crippen molar-refractivity contribution in [3.63, 3.8) is 0 Å². The highest BCUT2D eigenvalue weighted by Gasteiger charge is 2.01. The molecule has 0 unspecified atom stereocenters. The first kappa shape index (κ1) is 13.9. The van der Waals surface area contributed by atoms with Crippen molar-refractivity contribution in [2.75, 3.05) is 20.6 Å². The van der Waals surface area contributed by atoms with E-state index in [4.69, 9.17) is 0 Å². The van der Waals surface area contributed by atoms with Crippen LogP contribution in [-0.4, -0.2) is 31.4 Å². The van der Waals surface area contributed by atoms with Gasteiger partial charge in [0.15, 0.2) is 0 Å². The number of hydrogen-bond donors (Lipinski definition) is 1. The smallest absolute Gasteiger partial charge is 0.225 e. The number of amides is 1. The minimum atomic E-state index is 0.0716. The fourth-order valence-electron chi connectivity index (χ4n) is 0.998. The van der Waals surface area contributed by atoms with Gasteiger partial charge in [0.05, 0.1) is 0 Å². The maximum Gasteiger partial charge on any atom is 0.225 e. The molecule has 0 aromatic carbocycles. The highest BCUT2D eigenvalue weighted by molar-refractivity contribution is 5.77. The summed E-state index contributed by atoms with van der Waals surface area (Å²) >= 11 is 0. The summed E-state index contributed by atoms with van der Waals surface area (Å²) in [6.07, 6.45) is 7.47. The molecule has 0 fully saturated rings. The quantitative estimate of drug-likeness (QED) is 0.679. The Labute approximate surface area is 92.8 Å². The molecule has 0 atom stereocenters. The number of carbonyl (C=O) groups excluding carboxylic acids is 1. The van der Waals surface area contributed by atoms with Gasteiger partial charge in [0, 0.05) is 18.7 Å². The maximum absolute atomic E-state index is 11.4. The van der Waals surface area contributed by atoms with E-state index in [0.717, 1.165) is 18.7 Å². The fourth-order valence-corrected chi connectivity index (χ4v) is 0.998. The predicted molar refractivity (Wildman–Crippen MR) is 64.5 cm³/mol. The summed E-state index contributed by atoms with van der Waals surface area (Å²) in [4.78, 5) is 13.4. The fraction of sp³-hybridized carbons (Fsp3) is 0.583. The van der Waals surface area contributed by atoms with Crippen molar-refractivity contribution in [3.05, 3.63) is 23.9 Å². The molecule has 0 bridgehead atoms. The van der Waals surface area contributed by atoms with E-state index in [0.29, 0.717) is 6.42 Å². The van der Waals surface area contributed by atoms with E-state index < -0.39 is 0 Å². The van der Waals surface area contributed by atoms with Gasteiger partial charge in [-0.1, -0.05) is 19.1 Å². The van der Waals surface area contributed by atoms with E-state index in [1.165, 1.54) is 0 Å². The van der Waals surface area contributed by atoms with Gasteiger partial charge in [0.1, 0.15) is 0 Å². The lowest BCUT2D eigenvalue weighted by atomic mass is 10.3. The third kappa shape index (κ3) is 9.22. The van der Waals surface area contributed by atoms with Gasteiger partial charge in [-0.25, -0.2) is 0 Å². The van der Waals surface area contributed by atoms with E-state index in [-0.39, 0.29) is 5.91 Å². The molecule has 3 nitrogen and oxygen atoms in total. The third-order valence-corrected chi connectivity index (χ3v) is 1.84. The number of allylic oxidation sites excluding steroid dienone is 4. The molecule has 15 heavy (non-hydrogen) atoms. The molecule has 0 aromatic heterocycles. The predicted octanol–water partition coefficient (Wildman–Crippen LogP) is 1.92. The zero-order valence-corrected chi connectivity index (χ0v) is 10.2. The van der Waals surface area contributed by atoms with Gasteiger partial charge in [-0.3, -0.25) is 4.79 Å². The molecular weight excluding hydrogens is 188 g/mol. The van der Waals surface area contributed by atoms with E-state index >= 15 is 0 Å². The molecule has 0 aliphatic rings. The third-order valence-electron chi connectivity index (χ3n) is 1.84. The Morgan fingerprint density at radius 1 is 1.40 bits per heavy atom. The van der Waals surface area contributed by atoms with Crippen molar-refractivity contribution in [2.45, 2.75) is 26.7 Å². The lowest BCUT2D eigenvalue weighted by Crippen LogP contribution is -2.25. The largest absolute Gasteiger partial charge is 0.330 e. The second-order valence-corrected chi connectivity index (χ2v) is 3.79. The first-order valence-electron chi connectivity index (χ1n) is 5.34. The Morgan fingerprint density at radius 2 is 2.07 bits per heavy atom. The van der Waals surface area contributed by atoms with E-state index in [9.17, 15) is 4.79 Å². The molecule has 0 saturated carbocycles. The monoisotopic (exact) mass is 210 g/mol. The molecule has 86 valence electrons. The van der Waals surface area contributed by atoms with Crippen LogP contribution < -0.4 is 5.32 Å². The van der Waals surface area contributed by atoms with Gasteiger partial charge in [-0.2, -0.15) is 0 Å². The van der Waals surface area contributed by atoms with E-state index in [1.807, 2.05) is 38.1 Å². The van der Waals surface area contributed by atoms with Gasteiger partial charge in [0.25, 0.3) is 0 Å². The summed E-state index contributed by atoms with van der Waals surface area (Å²) in [5, 5.41) is 2.84. The van der Waals surface area contributed by atoms with Gasteiger partial charge in [0.2, 0.25) is 5.91 Å². The Hall–Kier alpha value is -1.09. The molecule has 0 heterocycles. The van der Waals surface area contributed by atoms with Gasteiger partial charge < -0.3 is 10.2 Å². The molecule has 0 radical (unpaired) electrons. The van der Waals surface area contributed by atoms with Crippen LogP contribution in [0.2, 0.25) is 0 Å². The molecule has 0 spiro atoms. The molecule has 0 saturated heterocycles. The molecule has 1 amide bonds. The summed E-state index contributed by atoms with van der Waals surface area (Å²) in [6, 6.07) is 0. The molecule has 0 aliphatic heterocycles. The first-order chi connectivity index (χ1) is 7.06. The van der Waals surface area contributed by atoms with Crippen LogP contribution in [0.1, 0.15) is 26.7 Å². The Balaban J connectivity index is 3.85. The first-order valence-corrected chi connectivity index (χ1v) is 5.34. The van der Waals surface area contributed by atoms with Crippen LogP contribution in [0.25, 0.3) is 0 Å². The van der Waals surface area contributed by atoms with Crippen molar-refractivity contribution in [1.82, 2.24) is 10.2 Å². The molecular formula is C12H22N2O. The summed E-state index contributed by atoms with van der Waals surface area (Å²) in [5.41, 5.74) is 0.892. The van der Waals surface area contributed by atoms with Crippen molar-refractivity contribution in [1.29, 1.82) is 0 Å². The van der Waals surface area contributed by atoms with E-state index in [1.54, 1.807) is 0 Å². The van der Waals surface area contributed by atoms with Crippen LogP contribution in [0.4, 0.5) is 0 Å². The molecule has 0 aliphatic carbocycles. The standard InChI is InChI=1S/C12H22N2O/c1-5-6-7-8-11(2)13-12(15)9-10-14(3)4/h6-8H,5,9-10H2,1-4H3,(H,13,15)/b7-6-,11-8+. The van der Waals surface area contributed by atoms with Gasteiger partial charge >= 0.3 is 0 Å². The number of rotatable bonds is 6. The Morgan fingerprint density at radius 3 is 2.60 bits per heavy atom. The number of nitrogens with one attached hydrogen (secondary N) is 1. The zero-order valence-electron chi connectivity index (χ0n) is 10.2. The Kier molecular flexibility index (Phi) is 7.64. The van der Waals surface area contributed by atoms with Crippen molar-refractivity contribution >= 4 is 5.91 Å². The van der Waals surface area contributed by atoms with Crippen LogP contribution >= 0.6 is 0 Å². The summed E-state index contributed by atoms with van der Waals surface area (Å²) in [5.74, 6) is 0.0716. The van der Waals surface area contributed by atoms with E-state index in [2.05, 4.69) is 18.3 Å². The van der Waals surface area contributed by atoms with Gasteiger partial charge in [-0.05, 0) is 33.5 Å². The van der Waals surface area contributed by atoms with Crippen LogP contribution in [0, 0.1) is 0 Å². The highest BCUT2D eigenvalue weighted by Crippen LogP contribution is 1.92. The highest BCUT2D eigenvalue weighted by atomic mass is 16.1. The topological polar surface area (TPSA) is 32.3 Å². The second-order valence-electron chi connectivity index (χ2n) is 3.79. The number of carbonyl (C=O) groups is 1. The second kappa shape index (κ2) is 8.24. The minimum Gasteiger partial charge on any atom is -0.330 e. The van der Waals surface area contributed by atoms with Crippen molar-refractivity contribution < 1.29 is 4.79 Å². The molecule has 3 heteroatoms. The lowest BCUT2D eigenvalue weighted by Gasteiger charge is -2.09. The number of hydrogen-bond acceptors (Lipinski definition) is 2. The van der Waals surface area contributed by atoms with Crippen LogP contribution in [0.5, 0.6) is 0 Å². The van der Waals surface area contributed by atoms with Crippen LogP contribution in [0.15, 0.2) is 23.9 Å². The normalized spacial score (nSPS) is 12.5. The molecule has 0 rings (SSSR count). The molecule has 0 aromatic rings. The van der Waals surface area contributed by atoms with Gasteiger partial charge in [-0.15, -0.1) is 0 Å². The van der Waals surface area contributed by atoms with Crippen LogP contribution in [0.3, 0.4) is 0 Å². The summed E-state index contributed by atoms with van der Waals surface area (Å²) in [6.45, 7) is 4.76. The zero-order chi connectivity index (χ0) is 11.7. The summed E-state index contributed by atoms with van der Waals surface area (Å²) < 4.78 is 0. The van der Waals surface area contributed by atoms with Crippen LogP contribution in [-0.2, 0) is 4.79 Å². The molecule has 1 N–H and O–H groups in total.